The lowest BCUT2D eigenvalue weighted by molar-refractivity contribution is 0.176. The van der Waals surface area contributed by atoms with E-state index in [9.17, 15) is 0 Å². The monoisotopic (exact) mass is 144 g/mol. The smallest absolute Gasteiger partial charge is 0.386 e. The van der Waals surface area contributed by atoms with Crippen LogP contribution < -0.4 is 0 Å². The van der Waals surface area contributed by atoms with Crippen LogP contribution in [-0.4, -0.2) is 27.1 Å². The lowest BCUT2D eigenvalue weighted by atomic mass is 10.2. The van der Waals surface area contributed by atoms with Crippen LogP contribution in [0.1, 0.15) is 19.8 Å². The van der Waals surface area contributed by atoms with Gasteiger partial charge in [0, 0.05) is 6.61 Å². The van der Waals surface area contributed by atoms with Crippen molar-refractivity contribution < 1.29 is 14.0 Å². The Bertz CT molecular complexity index is 83.1. The normalized spacial score (nSPS) is 18.3. The van der Waals surface area contributed by atoms with Gasteiger partial charge in [-0.25, -0.2) is 0 Å². The van der Waals surface area contributed by atoms with Crippen molar-refractivity contribution in [3.8, 4) is 0 Å². The van der Waals surface area contributed by atoms with E-state index in [1.54, 1.807) is 0 Å². The molecule has 10 heavy (non-hydrogen) atoms. The summed E-state index contributed by atoms with van der Waals surface area (Å²) in [7, 11) is -0.383. The van der Waals surface area contributed by atoms with E-state index in [0.717, 1.165) is 19.4 Å². The zero-order chi connectivity index (χ0) is 7.23. The number of rotatable bonds is 4. The van der Waals surface area contributed by atoms with Gasteiger partial charge in [-0.3, -0.25) is 0 Å². The summed E-state index contributed by atoms with van der Waals surface area (Å²) >= 11 is 0. The Balaban J connectivity index is 1.91. The molecule has 0 saturated carbocycles. The molecule has 0 aromatic heterocycles. The quantitative estimate of drug-likeness (QED) is 0.432. The molecule has 0 aromatic carbocycles. The molecule has 1 rings (SSSR count). The van der Waals surface area contributed by atoms with Crippen LogP contribution in [-0.2, 0) is 14.0 Å². The average Bonchev–Trinajstić information content (AvgIpc) is 2.41. The molecule has 0 atom stereocenters. The van der Waals surface area contributed by atoms with Gasteiger partial charge < -0.3 is 14.0 Å². The Labute approximate surface area is 61.8 Å². The maximum atomic E-state index is 5.20. The fraction of sp³-hybridized carbons (Fsp3) is 1.00. The van der Waals surface area contributed by atoms with Crippen LogP contribution in [0.5, 0.6) is 0 Å². The van der Waals surface area contributed by atoms with E-state index in [1.165, 1.54) is 0 Å². The third-order valence-corrected chi connectivity index (χ3v) is 1.34. The molecule has 4 heteroatoms. The van der Waals surface area contributed by atoms with Crippen LogP contribution in [0.3, 0.4) is 0 Å². The minimum atomic E-state index is -0.383. The van der Waals surface area contributed by atoms with Crippen LogP contribution in [0, 0.1) is 0 Å². The second-order valence-corrected chi connectivity index (χ2v) is 2.25. The Hall–Kier alpha value is -0.0551. The summed E-state index contributed by atoms with van der Waals surface area (Å²) in [6.45, 7) is 4.19. The van der Waals surface area contributed by atoms with Crippen molar-refractivity contribution in [2.75, 3.05) is 19.8 Å². The lowest BCUT2D eigenvalue weighted by Gasteiger charge is -2.03. The summed E-state index contributed by atoms with van der Waals surface area (Å²) in [5.41, 5.74) is 0. The van der Waals surface area contributed by atoms with Crippen LogP contribution >= 0.6 is 0 Å². The predicted octanol–water partition coefficient (Wildman–Crippen LogP) is 0.835. The largest absolute Gasteiger partial charge is 0.639 e. The molecule has 0 spiro atoms. The summed E-state index contributed by atoms with van der Waals surface area (Å²) in [6, 6.07) is 0. The van der Waals surface area contributed by atoms with Crippen LogP contribution in [0.15, 0.2) is 0 Å². The molecule has 1 aliphatic rings. The third kappa shape index (κ3) is 2.69. The molecule has 1 saturated heterocycles. The van der Waals surface area contributed by atoms with Gasteiger partial charge in [0.15, 0.2) is 0 Å². The lowest BCUT2D eigenvalue weighted by Crippen LogP contribution is -2.19. The number of unbranched alkanes of at least 4 members (excludes halogenated alkanes) is 1. The molecule has 0 unspecified atom stereocenters. The second kappa shape index (κ2) is 4.71. The van der Waals surface area contributed by atoms with Gasteiger partial charge in [-0.15, -0.1) is 0 Å². The predicted molar refractivity (Wildman–Crippen MR) is 38.5 cm³/mol. The van der Waals surface area contributed by atoms with E-state index in [2.05, 4.69) is 6.92 Å². The minimum Gasteiger partial charge on any atom is -0.386 e. The Morgan fingerprint density at radius 3 is 2.70 bits per heavy atom. The minimum absolute atomic E-state index is 0.383. The summed E-state index contributed by atoms with van der Waals surface area (Å²) < 4.78 is 15.3. The molecular weight excluding hydrogens is 131 g/mol. The summed E-state index contributed by atoms with van der Waals surface area (Å²) in [4.78, 5) is 0. The molecular formula is C6H13BO3. The van der Waals surface area contributed by atoms with Crippen molar-refractivity contribution in [1.82, 2.24) is 0 Å². The van der Waals surface area contributed by atoms with E-state index < -0.39 is 0 Å². The molecule has 0 aliphatic carbocycles. The second-order valence-electron chi connectivity index (χ2n) is 2.25. The van der Waals surface area contributed by atoms with Crippen molar-refractivity contribution in [2.45, 2.75) is 19.8 Å². The molecule has 1 aliphatic heterocycles. The zero-order valence-corrected chi connectivity index (χ0v) is 6.34. The first-order chi connectivity index (χ1) is 4.93. The highest BCUT2D eigenvalue weighted by Crippen LogP contribution is 2.01. The van der Waals surface area contributed by atoms with Gasteiger partial charge in [-0.1, -0.05) is 13.3 Å². The summed E-state index contributed by atoms with van der Waals surface area (Å²) in [6.07, 6.45) is 2.22. The Kier molecular flexibility index (Phi) is 3.79. The SMILES string of the molecule is CCCCOB1OCCO1. The molecule has 1 heterocycles. The molecule has 3 nitrogen and oxygen atoms in total. The molecule has 58 valence electrons. The van der Waals surface area contributed by atoms with E-state index in [4.69, 9.17) is 14.0 Å². The first-order valence-electron chi connectivity index (χ1n) is 3.78. The van der Waals surface area contributed by atoms with E-state index >= 15 is 0 Å². The molecule has 0 N–H and O–H groups in total. The molecule has 0 amide bonds. The van der Waals surface area contributed by atoms with Gasteiger partial charge in [-0.2, -0.15) is 0 Å². The fourth-order valence-corrected chi connectivity index (χ4v) is 0.757. The zero-order valence-electron chi connectivity index (χ0n) is 6.34. The van der Waals surface area contributed by atoms with Crippen molar-refractivity contribution in [3.63, 3.8) is 0 Å². The van der Waals surface area contributed by atoms with E-state index in [0.29, 0.717) is 13.2 Å². The Morgan fingerprint density at radius 2 is 2.10 bits per heavy atom. The maximum absolute atomic E-state index is 5.20. The van der Waals surface area contributed by atoms with Gasteiger partial charge in [0.2, 0.25) is 0 Å². The standard InChI is InChI=1S/C6H13BO3/c1-2-3-4-8-7-9-5-6-10-7/h2-6H2,1H3. The van der Waals surface area contributed by atoms with Crippen LogP contribution in [0.2, 0.25) is 0 Å². The maximum Gasteiger partial charge on any atom is 0.639 e. The molecule has 0 bridgehead atoms. The van der Waals surface area contributed by atoms with Crippen LogP contribution in [0.4, 0.5) is 0 Å². The van der Waals surface area contributed by atoms with Gasteiger partial charge in [0.25, 0.3) is 0 Å². The van der Waals surface area contributed by atoms with Gasteiger partial charge >= 0.3 is 7.32 Å². The molecule has 0 radical (unpaired) electrons. The molecule has 1 fully saturated rings. The van der Waals surface area contributed by atoms with Crippen molar-refractivity contribution in [3.05, 3.63) is 0 Å². The molecule has 0 aromatic rings. The topological polar surface area (TPSA) is 27.7 Å². The van der Waals surface area contributed by atoms with Crippen molar-refractivity contribution in [2.24, 2.45) is 0 Å². The van der Waals surface area contributed by atoms with Crippen LogP contribution in [0.25, 0.3) is 0 Å². The summed E-state index contributed by atoms with van der Waals surface area (Å²) in [5.74, 6) is 0. The van der Waals surface area contributed by atoms with E-state index in [1.807, 2.05) is 0 Å². The Morgan fingerprint density at radius 1 is 1.40 bits per heavy atom. The third-order valence-electron chi connectivity index (χ3n) is 1.34. The van der Waals surface area contributed by atoms with Gasteiger partial charge in [0.1, 0.15) is 0 Å². The van der Waals surface area contributed by atoms with Crippen molar-refractivity contribution in [1.29, 1.82) is 0 Å². The summed E-state index contributed by atoms with van der Waals surface area (Å²) in [5, 5.41) is 0. The van der Waals surface area contributed by atoms with Gasteiger partial charge in [-0.05, 0) is 6.42 Å². The highest BCUT2D eigenvalue weighted by molar-refractivity contribution is 6.36. The number of hydrogen-bond acceptors (Lipinski definition) is 3. The first kappa shape index (κ1) is 8.05. The highest BCUT2D eigenvalue weighted by atomic mass is 16.8. The van der Waals surface area contributed by atoms with Crippen molar-refractivity contribution >= 4 is 7.32 Å². The highest BCUT2D eigenvalue weighted by Gasteiger charge is 2.25. The number of hydrogen-bond donors (Lipinski definition) is 0. The van der Waals surface area contributed by atoms with Gasteiger partial charge in [0.05, 0.1) is 13.2 Å². The first-order valence-corrected chi connectivity index (χ1v) is 3.78. The average molecular weight is 144 g/mol. The van der Waals surface area contributed by atoms with E-state index in [-0.39, 0.29) is 7.32 Å². The fourth-order valence-electron chi connectivity index (χ4n) is 0.757.